The Hall–Kier alpha value is -0.670. The molecule has 2 atom stereocenters. The lowest BCUT2D eigenvalue weighted by atomic mass is 10.1. The lowest BCUT2D eigenvalue weighted by molar-refractivity contribution is 0.178. The predicted molar refractivity (Wildman–Crippen MR) is 71.5 cm³/mol. The molecule has 3 heteroatoms. The molecule has 1 aromatic rings. The van der Waals surface area contributed by atoms with Crippen LogP contribution in [0.5, 0.6) is 5.75 Å². The smallest absolute Gasteiger partial charge is 0.133 e. The van der Waals surface area contributed by atoms with Crippen molar-refractivity contribution in [2.24, 2.45) is 11.7 Å². The van der Waals surface area contributed by atoms with Crippen LogP contribution in [0.25, 0.3) is 0 Å². The minimum Gasteiger partial charge on any atom is -0.487 e. The van der Waals surface area contributed by atoms with Crippen molar-refractivity contribution in [2.75, 3.05) is 5.75 Å². The van der Waals surface area contributed by atoms with Gasteiger partial charge in [-0.2, -0.15) is 0 Å². The Bertz CT molecular complexity index is 392. The fourth-order valence-corrected chi connectivity index (χ4v) is 3.36. The Balaban J connectivity index is 1.58. The lowest BCUT2D eigenvalue weighted by Crippen LogP contribution is -2.42. The van der Waals surface area contributed by atoms with E-state index in [2.05, 4.69) is 12.1 Å². The third-order valence-corrected chi connectivity index (χ3v) is 4.76. The molecule has 1 saturated carbocycles. The fourth-order valence-electron chi connectivity index (χ4n) is 2.27. The van der Waals surface area contributed by atoms with Crippen molar-refractivity contribution in [1.82, 2.24) is 0 Å². The van der Waals surface area contributed by atoms with E-state index in [0.29, 0.717) is 0 Å². The summed E-state index contributed by atoms with van der Waals surface area (Å²) in [7, 11) is 0. The zero-order valence-corrected chi connectivity index (χ0v) is 10.8. The van der Waals surface area contributed by atoms with E-state index >= 15 is 0 Å². The van der Waals surface area contributed by atoms with Crippen LogP contribution < -0.4 is 10.5 Å². The molecule has 2 N–H and O–H groups in total. The third-order valence-electron chi connectivity index (χ3n) is 3.61. The predicted octanol–water partition coefficient (Wildman–Crippen LogP) is 3.06. The van der Waals surface area contributed by atoms with E-state index in [0.717, 1.165) is 23.8 Å². The van der Waals surface area contributed by atoms with Gasteiger partial charge >= 0.3 is 0 Å². The molecule has 1 heterocycles. The molecule has 2 nitrogen and oxygen atoms in total. The van der Waals surface area contributed by atoms with E-state index < -0.39 is 0 Å². The van der Waals surface area contributed by atoms with Gasteiger partial charge in [0.05, 0.1) is 0 Å². The Morgan fingerprint density at radius 2 is 2.18 bits per heavy atom. The first-order valence-electron chi connectivity index (χ1n) is 6.47. The molecule has 17 heavy (non-hydrogen) atoms. The van der Waals surface area contributed by atoms with Gasteiger partial charge in [-0.1, -0.05) is 25.0 Å². The van der Waals surface area contributed by atoms with Crippen LogP contribution in [0, 0.1) is 5.92 Å². The van der Waals surface area contributed by atoms with Crippen molar-refractivity contribution in [1.29, 1.82) is 0 Å². The largest absolute Gasteiger partial charge is 0.487 e. The number of benzene rings is 1. The summed E-state index contributed by atoms with van der Waals surface area (Å²) in [4.78, 5) is 1.25. The molecule has 0 aromatic heterocycles. The maximum Gasteiger partial charge on any atom is 0.133 e. The third kappa shape index (κ3) is 2.78. The Morgan fingerprint density at radius 3 is 3.00 bits per heavy atom. The first-order valence-corrected chi connectivity index (χ1v) is 7.45. The molecule has 1 fully saturated rings. The molecule has 0 amide bonds. The zero-order valence-electron chi connectivity index (χ0n) is 9.97. The van der Waals surface area contributed by atoms with Gasteiger partial charge in [-0.25, -0.2) is 0 Å². The highest BCUT2D eigenvalue weighted by atomic mass is 32.2. The van der Waals surface area contributed by atoms with Crippen LogP contribution in [0.4, 0.5) is 0 Å². The summed E-state index contributed by atoms with van der Waals surface area (Å²) in [6.07, 6.45) is 5.41. The molecule has 1 aliphatic carbocycles. The van der Waals surface area contributed by atoms with Gasteiger partial charge in [0.15, 0.2) is 0 Å². The molecule has 92 valence electrons. The number of hydrogen-bond acceptors (Lipinski definition) is 3. The normalized spacial score (nSPS) is 24.9. The summed E-state index contributed by atoms with van der Waals surface area (Å²) in [5.41, 5.74) is 6.24. The fraction of sp³-hybridized carbons (Fsp3) is 0.571. The molecule has 0 bridgehead atoms. The SMILES string of the molecule is NC(CCC1CC1)C1CSc2ccccc2O1. The highest BCUT2D eigenvalue weighted by molar-refractivity contribution is 7.99. The van der Waals surface area contributed by atoms with Crippen LogP contribution in [0.15, 0.2) is 29.2 Å². The molecule has 1 aromatic carbocycles. The molecule has 3 rings (SSSR count). The number of ether oxygens (including phenoxy) is 1. The quantitative estimate of drug-likeness (QED) is 0.890. The molecular weight excluding hydrogens is 230 g/mol. The average molecular weight is 249 g/mol. The number of rotatable bonds is 4. The van der Waals surface area contributed by atoms with Crippen molar-refractivity contribution < 1.29 is 4.74 Å². The Morgan fingerprint density at radius 1 is 1.35 bits per heavy atom. The van der Waals surface area contributed by atoms with Crippen molar-refractivity contribution in [3.05, 3.63) is 24.3 Å². The Kier molecular flexibility index (Phi) is 3.30. The molecule has 0 spiro atoms. The van der Waals surface area contributed by atoms with Crippen molar-refractivity contribution in [2.45, 2.75) is 42.7 Å². The van der Waals surface area contributed by atoms with E-state index in [1.165, 1.54) is 24.2 Å². The van der Waals surface area contributed by atoms with E-state index in [1.54, 1.807) is 0 Å². The van der Waals surface area contributed by atoms with Gasteiger partial charge in [0.1, 0.15) is 11.9 Å². The Labute approximate surface area is 107 Å². The van der Waals surface area contributed by atoms with Crippen LogP contribution in [0.1, 0.15) is 25.7 Å². The molecular formula is C14H19NOS. The number of nitrogens with two attached hydrogens (primary N) is 1. The van der Waals surface area contributed by atoms with Crippen molar-refractivity contribution in [3.63, 3.8) is 0 Å². The first kappa shape index (κ1) is 11.4. The summed E-state index contributed by atoms with van der Waals surface area (Å²) < 4.78 is 6.00. The van der Waals surface area contributed by atoms with Crippen LogP contribution in [0.2, 0.25) is 0 Å². The van der Waals surface area contributed by atoms with Crippen LogP contribution in [0.3, 0.4) is 0 Å². The molecule has 0 radical (unpaired) electrons. The molecule has 2 unspecified atom stereocenters. The molecule has 0 saturated heterocycles. The maximum absolute atomic E-state index is 6.24. The van der Waals surface area contributed by atoms with Gasteiger partial charge in [0.25, 0.3) is 0 Å². The van der Waals surface area contributed by atoms with Crippen molar-refractivity contribution >= 4 is 11.8 Å². The van der Waals surface area contributed by atoms with Crippen molar-refractivity contribution in [3.8, 4) is 5.75 Å². The molecule has 1 aliphatic heterocycles. The summed E-state index contributed by atoms with van der Waals surface area (Å²) in [5, 5.41) is 0. The highest BCUT2D eigenvalue weighted by Crippen LogP contribution is 2.37. The van der Waals surface area contributed by atoms with Crippen LogP contribution in [-0.2, 0) is 0 Å². The van der Waals surface area contributed by atoms with Gasteiger partial charge in [-0.05, 0) is 30.9 Å². The second-order valence-electron chi connectivity index (χ2n) is 5.10. The van der Waals surface area contributed by atoms with Gasteiger partial charge < -0.3 is 10.5 Å². The minimum absolute atomic E-state index is 0.189. The average Bonchev–Trinajstić information content (AvgIpc) is 3.19. The summed E-state index contributed by atoms with van der Waals surface area (Å²) >= 11 is 1.87. The molecule has 2 aliphatic rings. The van der Waals surface area contributed by atoms with Gasteiger partial charge in [-0.3, -0.25) is 0 Å². The summed E-state index contributed by atoms with van der Waals surface area (Å²) in [5.74, 6) is 2.96. The monoisotopic (exact) mass is 249 g/mol. The number of thioether (sulfide) groups is 1. The van der Waals surface area contributed by atoms with E-state index in [4.69, 9.17) is 10.5 Å². The topological polar surface area (TPSA) is 35.2 Å². The van der Waals surface area contributed by atoms with E-state index in [-0.39, 0.29) is 12.1 Å². The number of hydrogen-bond donors (Lipinski definition) is 1. The minimum atomic E-state index is 0.189. The second kappa shape index (κ2) is 4.91. The van der Waals surface area contributed by atoms with Crippen LogP contribution in [-0.4, -0.2) is 17.9 Å². The second-order valence-corrected chi connectivity index (χ2v) is 6.16. The van der Waals surface area contributed by atoms with Gasteiger partial charge in [-0.15, -0.1) is 11.8 Å². The standard InChI is InChI=1S/C14H19NOS/c15-11(8-7-10-5-6-10)13-9-17-14-4-2-1-3-12(14)16-13/h1-4,10-11,13H,5-9,15H2. The highest BCUT2D eigenvalue weighted by Gasteiger charge is 2.28. The maximum atomic E-state index is 6.24. The van der Waals surface area contributed by atoms with E-state index in [9.17, 15) is 0 Å². The number of para-hydroxylation sites is 1. The van der Waals surface area contributed by atoms with Gasteiger partial charge in [0, 0.05) is 16.7 Å². The first-order chi connectivity index (χ1) is 8.33. The zero-order chi connectivity index (χ0) is 11.7. The van der Waals surface area contributed by atoms with Gasteiger partial charge in [0.2, 0.25) is 0 Å². The number of fused-ring (bicyclic) bond motifs is 1. The lowest BCUT2D eigenvalue weighted by Gasteiger charge is -2.29. The van der Waals surface area contributed by atoms with Crippen LogP contribution >= 0.6 is 11.8 Å². The van der Waals surface area contributed by atoms with E-state index in [1.807, 2.05) is 23.9 Å². The summed E-state index contributed by atoms with van der Waals surface area (Å²) in [6.45, 7) is 0. The summed E-state index contributed by atoms with van der Waals surface area (Å²) in [6, 6.07) is 8.44.